The first-order valence-corrected chi connectivity index (χ1v) is 12.5. The van der Waals surface area contributed by atoms with Crippen LogP contribution in [0.5, 0.6) is 0 Å². The number of aryl methyl sites for hydroxylation is 3. The van der Waals surface area contributed by atoms with Crippen molar-refractivity contribution in [3.8, 4) is 0 Å². The number of nitrogens with one attached hydrogen (secondary N) is 1. The first-order chi connectivity index (χ1) is 14.9. The highest BCUT2D eigenvalue weighted by atomic mass is 32.2. The maximum absolute atomic E-state index is 13.2. The third-order valence-electron chi connectivity index (χ3n) is 6.64. The van der Waals surface area contributed by atoms with Gasteiger partial charge in [-0.3, -0.25) is 9.48 Å². The second kappa shape index (κ2) is 8.03. The predicted octanol–water partition coefficient (Wildman–Crippen LogP) is 1.74. The highest BCUT2D eigenvalue weighted by Gasteiger charge is 2.32. The number of benzene rings is 1. The largest absolute Gasteiger partial charge is 0.379 e. The van der Waals surface area contributed by atoms with Gasteiger partial charge in [-0.15, -0.1) is 0 Å². The molecular weight excluding hydrogens is 416 g/mol. The Kier molecular flexibility index (Phi) is 5.35. The molecule has 1 aliphatic heterocycles. The normalized spacial score (nSPS) is 21.5. The van der Waals surface area contributed by atoms with Crippen LogP contribution in [0.4, 0.5) is 0 Å². The summed E-state index contributed by atoms with van der Waals surface area (Å²) in [7, 11) is -1.75. The van der Waals surface area contributed by atoms with E-state index in [0.717, 1.165) is 60.9 Å². The van der Waals surface area contributed by atoms with Crippen LogP contribution in [0.1, 0.15) is 58.2 Å². The number of carbonyl (C=O) groups excluding carboxylic acids is 1. The molecule has 1 saturated heterocycles. The lowest BCUT2D eigenvalue weighted by Crippen LogP contribution is -2.40. The van der Waals surface area contributed by atoms with Crippen LogP contribution in [0.3, 0.4) is 0 Å². The average molecular weight is 445 g/mol. The zero-order valence-electron chi connectivity index (χ0n) is 17.8. The van der Waals surface area contributed by atoms with E-state index in [1.54, 1.807) is 16.8 Å². The predicted molar refractivity (Wildman–Crippen MR) is 114 cm³/mol. The second-order valence-corrected chi connectivity index (χ2v) is 10.5. The zero-order chi connectivity index (χ0) is 21.6. The van der Waals surface area contributed by atoms with E-state index in [2.05, 4.69) is 10.4 Å². The Balaban J connectivity index is 1.40. The molecule has 0 bridgehead atoms. The monoisotopic (exact) mass is 444 g/mol. The molecule has 9 heteroatoms. The van der Waals surface area contributed by atoms with Crippen LogP contribution in [-0.2, 0) is 41.1 Å². The molecule has 3 aliphatic rings. The lowest BCUT2D eigenvalue weighted by atomic mass is 9.95. The highest BCUT2D eigenvalue weighted by Crippen LogP contribution is 2.34. The number of fused-ring (bicyclic) bond motifs is 2. The molecule has 1 aromatic carbocycles. The number of amides is 1. The summed E-state index contributed by atoms with van der Waals surface area (Å²) in [4.78, 5) is 13.5. The molecule has 1 amide bonds. The van der Waals surface area contributed by atoms with Gasteiger partial charge in [0.2, 0.25) is 10.0 Å². The van der Waals surface area contributed by atoms with E-state index in [1.807, 2.05) is 13.1 Å². The number of carbonyl (C=O) groups is 1. The van der Waals surface area contributed by atoms with Crippen LogP contribution in [0.2, 0.25) is 0 Å². The summed E-state index contributed by atoms with van der Waals surface area (Å²) in [5, 5.41) is 7.71. The fourth-order valence-electron chi connectivity index (χ4n) is 5.02. The Hall–Kier alpha value is -2.23. The van der Waals surface area contributed by atoms with Gasteiger partial charge in [0, 0.05) is 25.7 Å². The molecule has 2 heterocycles. The number of sulfonamides is 1. The van der Waals surface area contributed by atoms with Gasteiger partial charge >= 0.3 is 0 Å². The molecule has 1 aromatic heterocycles. The third-order valence-corrected chi connectivity index (χ3v) is 8.54. The summed E-state index contributed by atoms with van der Waals surface area (Å²) in [5.41, 5.74) is 4.73. The number of nitrogens with zero attached hydrogens (tertiary/aromatic N) is 3. The molecule has 0 radical (unpaired) electrons. The minimum atomic E-state index is -3.57. The van der Waals surface area contributed by atoms with E-state index in [4.69, 9.17) is 4.74 Å². The molecule has 8 nitrogen and oxygen atoms in total. The number of hydrogen-bond acceptors (Lipinski definition) is 5. The van der Waals surface area contributed by atoms with Crippen molar-refractivity contribution in [2.24, 2.45) is 7.05 Å². The minimum Gasteiger partial charge on any atom is -0.379 e. The van der Waals surface area contributed by atoms with E-state index < -0.39 is 10.0 Å². The van der Waals surface area contributed by atoms with Gasteiger partial charge in [-0.25, -0.2) is 8.42 Å². The van der Waals surface area contributed by atoms with Gasteiger partial charge < -0.3 is 10.1 Å². The first-order valence-electron chi connectivity index (χ1n) is 11.0. The Labute approximate surface area is 182 Å². The quantitative estimate of drug-likeness (QED) is 0.775. The number of rotatable bonds is 4. The average Bonchev–Trinajstić information content (AvgIpc) is 3.33. The van der Waals surface area contributed by atoms with Gasteiger partial charge in [0.1, 0.15) is 5.69 Å². The molecular formula is C22H28N4O4S. The van der Waals surface area contributed by atoms with Gasteiger partial charge in [-0.05, 0) is 61.8 Å². The van der Waals surface area contributed by atoms with Gasteiger partial charge in [-0.2, -0.15) is 9.40 Å². The summed E-state index contributed by atoms with van der Waals surface area (Å²) in [6.45, 7) is 1.56. The van der Waals surface area contributed by atoms with E-state index in [1.165, 1.54) is 4.31 Å². The molecule has 31 heavy (non-hydrogen) atoms. The summed E-state index contributed by atoms with van der Waals surface area (Å²) in [6, 6.07) is 5.12. The van der Waals surface area contributed by atoms with Crippen molar-refractivity contribution in [2.75, 3.05) is 26.3 Å². The summed E-state index contributed by atoms with van der Waals surface area (Å²) in [5.74, 6) is -0.127. The van der Waals surface area contributed by atoms with E-state index in [0.29, 0.717) is 32.0 Å². The standard InChI is InChI=1S/C22H28N4O4S/c1-25-21(17-4-2-3-5-20(17)24-25)22(27)23-19-9-7-15-6-8-16(14-18(15)19)31(28,29)26-10-12-30-13-11-26/h6,8,14,19H,2-5,7,9-13H2,1H3,(H,23,27)/t19-/m0/s1. The van der Waals surface area contributed by atoms with Gasteiger partial charge in [-0.1, -0.05) is 6.07 Å². The fourth-order valence-corrected chi connectivity index (χ4v) is 6.46. The highest BCUT2D eigenvalue weighted by molar-refractivity contribution is 7.89. The smallest absolute Gasteiger partial charge is 0.270 e. The lowest BCUT2D eigenvalue weighted by molar-refractivity contribution is 0.0730. The number of aromatic nitrogens is 2. The van der Waals surface area contributed by atoms with Crippen molar-refractivity contribution >= 4 is 15.9 Å². The number of ether oxygens (including phenoxy) is 1. The van der Waals surface area contributed by atoms with Crippen molar-refractivity contribution in [1.29, 1.82) is 0 Å². The molecule has 1 N–H and O–H groups in total. The topological polar surface area (TPSA) is 93.5 Å². The molecule has 1 fully saturated rings. The molecule has 2 aromatic rings. The van der Waals surface area contributed by atoms with Crippen LogP contribution in [0.15, 0.2) is 23.1 Å². The SMILES string of the molecule is Cn1nc2c(c1C(=O)N[C@H]1CCc3ccc(S(=O)(=O)N4CCOCC4)cc31)CCCC2. The molecule has 1 atom stereocenters. The van der Waals surface area contributed by atoms with Crippen LogP contribution in [-0.4, -0.2) is 54.7 Å². The van der Waals surface area contributed by atoms with E-state index >= 15 is 0 Å². The second-order valence-electron chi connectivity index (χ2n) is 8.55. The fraction of sp³-hybridized carbons (Fsp3) is 0.545. The van der Waals surface area contributed by atoms with Crippen LogP contribution in [0.25, 0.3) is 0 Å². The number of morpholine rings is 1. The summed E-state index contributed by atoms with van der Waals surface area (Å²) < 4.78 is 34.6. The Morgan fingerprint density at radius 2 is 1.94 bits per heavy atom. The van der Waals surface area contributed by atoms with Crippen LogP contribution < -0.4 is 5.32 Å². The Morgan fingerprint density at radius 1 is 1.16 bits per heavy atom. The zero-order valence-corrected chi connectivity index (χ0v) is 18.6. The Bertz CT molecular complexity index is 1120. The molecule has 0 saturated carbocycles. The van der Waals surface area contributed by atoms with Crippen molar-refractivity contribution in [2.45, 2.75) is 49.5 Å². The van der Waals surface area contributed by atoms with E-state index in [9.17, 15) is 13.2 Å². The van der Waals surface area contributed by atoms with Gasteiger partial charge in [0.05, 0.1) is 29.8 Å². The van der Waals surface area contributed by atoms with Crippen molar-refractivity contribution < 1.29 is 17.9 Å². The van der Waals surface area contributed by atoms with Crippen LogP contribution >= 0.6 is 0 Å². The molecule has 2 aliphatic carbocycles. The molecule has 166 valence electrons. The maximum atomic E-state index is 13.2. The van der Waals surface area contributed by atoms with Crippen molar-refractivity contribution in [1.82, 2.24) is 19.4 Å². The summed E-state index contributed by atoms with van der Waals surface area (Å²) >= 11 is 0. The molecule has 0 unspecified atom stereocenters. The summed E-state index contributed by atoms with van der Waals surface area (Å²) in [6.07, 6.45) is 5.58. The molecule has 5 rings (SSSR count). The minimum absolute atomic E-state index is 0.127. The molecule has 0 spiro atoms. The maximum Gasteiger partial charge on any atom is 0.270 e. The van der Waals surface area contributed by atoms with Gasteiger partial charge in [0.25, 0.3) is 5.91 Å². The lowest BCUT2D eigenvalue weighted by Gasteiger charge is -2.26. The van der Waals surface area contributed by atoms with E-state index in [-0.39, 0.29) is 16.8 Å². The van der Waals surface area contributed by atoms with Crippen LogP contribution in [0, 0.1) is 0 Å². The van der Waals surface area contributed by atoms with Crippen molar-refractivity contribution in [3.63, 3.8) is 0 Å². The first kappa shape index (κ1) is 20.7. The van der Waals surface area contributed by atoms with Gasteiger partial charge in [0.15, 0.2) is 0 Å². The van der Waals surface area contributed by atoms with Crippen molar-refractivity contribution in [3.05, 3.63) is 46.3 Å². The Morgan fingerprint density at radius 3 is 2.74 bits per heavy atom. The third kappa shape index (κ3) is 3.68. The number of hydrogen-bond donors (Lipinski definition) is 1.